The lowest BCUT2D eigenvalue weighted by Gasteiger charge is -2.05. The van der Waals surface area contributed by atoms with Crippen molar-refractivity contribution in [2.45, 2.75) is 6.42 Å². The van der Waals surface area contributed by atoms with Crippen molar-refractivity contribution < 1.29 is 14.2 Å². The number of methoxy groups -OCH3 is 1. The summed E-state index contributed by atoms with van der Waals surface area (Å²) in [7, 11) is 1.67. The number of nitrogens with zero attached hydrogens (tertiary/aromatic N) is 2. The molecule has 1 rings (SSSR count). The monoisotopic (exact) mass is 227 g/mol. The highest BCUT2D eigenvalue weighted by Gasteiger charge is 1.96. The van der Waals surface area contributed by atoms with E-state index in [-0.39, 0.29) is 0 Å². The molecule has 2 N–H and O–H groups in total. The van der Waals surface area contributed by atoms with Gasteiger partial charge in [-0.25, -0.2) is 9.97 Å². The second-order valence-electron chi connectivity index (χ2n) is 3.11. The van der Waals surface area contributed by atoms with Crippen LogP contribution < -0.4 is 10.5 Å². The summed E-state index contributed by atoms with van der Waals surface area (Å²) in [4.78, 5) is 7.78. The van der Waals surface area contributed by atoms with Crippen molar-refractivity contribution in [2.75, 3.05) is 39.3 Å². The lowest BCUT2D eigenvalue weighted by atomic mass is 10.5. The van der Waals surface area contributed by atoms with Crippen LogP contribution in [0.15, 0.2) is 12.4 Å². The van der Waals surface area contributed by atoms with Gasteiger partial charge in [-0.1, -0.05) is 0 Å². The van der Waals surface area contributed by atoms with Crippen LogP contribution in [-0.2, 0) is 9.47 Å². The van der Waals surface area contributed by atoms with Crippen molar-refractivity contribution in [3.63, 3.8) is 0 Å². The van der Waals surface area contributed by atoms with Crippen LogP contribution in [0.1, 0.15) is 6.42 Å². The Morgan fingerprint density at radius 1 is 1.12 bits per heavy atom. The first-order valence-corrected chi connectivity index (χ1v) is 5.10. The summed E-state index contributed by atoms with van der Waals surface area (Å²) < 4.78 is 15.4. The van der Waals surface area contributed by atoms with Gasteiger partial charge < -0.3 is 19.9 Å². The molecule has 16 heavy (non-hydrogen) atoms. The Morgan fingerprint density at radius 3 is 2.56 bits per heavy atom. The standard InChI is InChI=1S/C10H17N3O3/c1-14-3-2-4-15-5-6-16-10-12-7-9(11)8-13-10/h7-8H,2-6,11H2,1H3. The largest absolute Gasteiger partial charge is 0.461 e. The van der Waals surface area contributed by atoms with E-state index >= 15 is 0 Å². The van der Waals surface area contributed by atoms with E-state index in [9.17, 15) is 0 Å². The van der Waals surface area contributed by atoms with Gasteiger partial charge >= 0.3 is 6.01 Å². The van der Waals surface area contributed by atoms with Crippen LogP contribution in [0.2, 0.25) is 0 Å². The maximum atomic E-state index is 5.43. The molecular weight excluding hydrogens is 210 g/mol. The lowest BCUT2D eigenvalue weighted by molar-refractivity contribution is 0.0783. The Morgan fingerprint density at radius 2 is 1.88 bits per heavy atom. The summed E-state index contributed by atoms with van der Waals surface area (Å²) in [5.74, 6) is 0. The Bertz CT molecular complexity index is 279. The first kappa shape index (κ1) is 12.7. The fourth-order valence-electron chi connectivity index (χ4n) is 1.000. The first-order chi connectivity index (χ1) is 7.83. The zero-order valence-corrected chi connectivity index (χ0v) is 9.39. The highest BCUT2D eigenvalue weighted by molar-refractivity contribution is 5.30. The van der Waals surface area contributed by atoms with Crippen LogP contribution in [0.4, 0.5) is 5.69 Å². The summed E-state index contributed by atoms with van der Waals surface area (Å²) in [5.41, 5.74) is 5.95. The van der Waals surface area contributed by atoms with E-state index in [0.717, 1.165) is 6.42 Å². The van der Waals surface area contributed by atoms with Gasteiger partial charge in [0, 0.05) is 20.3 Å². The molecule has 0 amide bonds. The van der Waals surface area contributed by atoms with E-state index in [4.69, 9.17) is 19.9 Å². The average Bonchev–Trinajstić information content (AvgIpc) is 2.30. The lowest BCUT2D eigenvalue weighted by Crippen LogP contribution is -2.10. The van der Waals surface area contributed by atoms with Gasteiger partial charge in [0.2, 0.25) is 0 Å². The fourth-order valence-corrected chi connectivity index (χ4v) is 1.000. The summed E-state index contributed by atoms with van der Waals surface area (Å²) in [6, 6.07) is 0.315. The van der Waals surface area contributed by atoms with Gasteiger partial charge in [0.05, 0.1) is 24.7 Å². The SMILES string of the molecule is COCCCOCCOc1ncc(N)cn1. The Kier molecular flexibility index (Phi) is 6.20. The molecule has 0 aliphatic carbocycles. The number of hydrogen-bond donors (Lipinski definition) is 1. The number of nitrogens with two attached hydrogens (primary N) is 1. The zero-order valence-electron chi connectivity index (χ0n) is 9.39. The highest BCUT2D eigenvalue weighted by Crippen LogP contribution is 2.02. The van der Waals surface area contributed by atoms with E-state index in [0.29, 0.717) is 38.1 Å². The van der Waals surface area contributed by atoms with Gasteiger partial charge in [0.25, 0.3) is 0 Å². The molecule has 0 aliphatic heterocycles. The minimum absolute atomic E-state index is 0.315. The molecule has 0 saturated carbocycles. The maximum absolute atomic E-state index is 5.43. The molecule has 0 saturated heterocycles. The molecule has 0 radical (unpaired) electrons. The van der Waals surface area contributed by atoms with Crippen LogP contribution in [-0.4, -0.2) is 43.5 Å². The minimum atomic E-state index is 0.315. The van der Waals surface area contributed by atoms with Crippen molar-refractivity contribution in [1.29, 1.82) is 0 Å². The summed E-state index contributed by atoms with van der Waals surface area (Å²) in [5, 5.41) is 0. The summed E-state index contributed by atoms with van der Waals surface area (Å²) in [6.07, 6.45) is 3.89. The summed E-state index contributed by atoms with van der Waals surface area (Å²) >= 11 is 0. The second-order valence-corrected chi connectivity index (χ2v) is 3.11. The molecule has 90 valence electrons. The molecule has 1 aromatic rings. The van der Waals surface area contributed by atoms with Crippen molar-refractivity contribution >= 4 is 5.69 Å². The third kappa shape index (κ3) is 5.47. The summed E-state index contributed by atoms with van der Waals surface area (Å²) in [6.45, 7) is 2.32. The molecule has 0 bridgehead atoms. The predicted molar refractivity (Wildman–Crippen MR) is 59.3 cm³/mol. The normalized spacial score (nSPS) is 10.3. The van der Waals surface area contributed by atoms with Crippen molar-refractivity contribution in [3.05, 3.63) is 12.4 Å². The van der Waals surface area contributed by atoms with Gasteiger partial charge in [-0.05, 0) is 6.42 Å². The predicted octanol–water partition coefficient (Wildman–Crippen LogP) is 0.491. The van der Waals surface area contributed by atoms with E-state index < -0.39 is 0 Å². The number of nitrogen functional groups attached to an aromatic ring is 1. The number of aromatic nitrogens is 2. The molecule has 0 aromatic carbocycles. The molecule has 6 nitrogen and oxygen atoms in total. The molecule has 1 heterocycles. The van der Waals surface area contributed by atoms with Crippen LogP contribution in [0.5, 0.6) is 6.01 Å². The van der Waals surface area contributed by atoms with E-state index in [1.165, 1.54) is 12.4 Å². The third-order valence-corrected chi connectivity index (χ3v) is 1.74. The van der Waals surface area contributed by atoms with Gasteiger partial charge in [-0.15, -0.1) is 0 Å². The van der Waals surface area contributed by atoms with Gasteiger partial charge in [-0.2, -0.15) is 0 Å². The van der Waals surface area contributed by atoms with E-state index in [2.05, 4.69) is 9.97 Å². The Balaban J connectivity index is 2.01. The quantitative estimate of drug-likeness (QED) is 0.651. The van der Waals surface area contributed by atoms with E-state index in [1.54, 1.807) is 7.11 Å². The number of rotatable bonds is 8. The third-order valence-electron chi connectivity index (χ3n) is 1.74. The molecule has 0 atom stereocenters. The van der Waals surface area contributed by atoms with E-state index in [1.807, 2.05) is 0 Å². The van der Waals surface area contributed by atoms with Crippen LogP contribution in [0.25, 0.3) is 0 Å². The van der Waals surface area contributed by atoms with Crippen molar-refractivity contribution in [2.24, 2.45) is 0 Å². The van der Waals surface area contributed by atoms with Crippen LogP contribution >= 0.6 is 0 Å². The molecule has 0 spiro atoms. The molecule has 0 fully saturated rings. The highest BCUT2D eigenvalue weighted by atomic mass is 16.5. The molecule has 0 aliphatic rings. The second kappa shape index (κ2) is 7.84. The smallest absolute Gasteiger partial charge is 0.316 e. The van der Waals surface area contributed by atoms with Crippen molar-refractivity contribution in [1.82, 2.24) is 9.97 Å². The molecule has 0 unspecified atom stereocenters. The van der Waals surface area contributed by atoms with Gasteiger partial charge in [0.15, 0.2) is 0 Å². The average molecular weight is 227 g/mol. The maximum Gasteiger partial charge on any atom is 0.316 e. The molecule has 6 heteroatoms. The number of ether oxygens (including phenoxy) is 3. The number of hydrogen-bond acceptors (Lipinski definition) is 6. The zero-order chi connectivity index (χ0) is 11.6. The van der Waals surface area contributed by atoms with Crippen molar-refractivity contribution in [3.8, 4) is 6.01 Å². The van der Waals surface area contributed by atoms with Crippen LogP contribution in [0, 0.1) is 0 Å². The van der Waals surface area contributed by atoms with Gasteiger partial charge in [0.1, 0.15) is 6.61 Å². The van der Waals surface area contributed by atoms with Gasteiger partial charge in [-0.3, -0.25) is 0 Å². The minimum Gasteiger partial charge on any atom is -0.461 e. The Hall–Kier alpha value is -1.40. The molecule has 1 aromatic heterocycles. The number of anilines is 1. The first-order valence-electron chi connectivity index (χ1n) is 5.10. The Labute approximate surface area is 94.7 Å². The van der Waals surface area contributed by atoms with Crippen LogP contribution in [0.3, 0.4) is 0 Å². The molecular formula is C10H17N3O3. The fraction of sp³-hybridized carbons (Fsp3) is 0.600. The topological polar surface area (TPSA) is 79.5 Å².